The summed E-state index contributed by atoms with van der Waals surface area (Å²) in [6.45, 7) is 0. The van der Waals surface area contributed by atoms with Crippen molar-refractivity contribution in [3.8, 4) is 16.8 Å². The van der Waals surface area contributed by atoms with Crippen LogP contribution in [0.15, 0.2) is 181 Å². The van der Waals surface area contributed by atoms with Crippen LogP contribution in [0.1, 0.15) is 32.1 Å². The van der Waals surface area contributed by atoms with Crippen LogP contribution in [-0.4, -0.2) is 9.13 Å². The molecule has 1 atom stereocenters. The Balaban J connectivity index is 1.05. The lowest BCUT2D eigenvalue weighted by Crippen LogP contribution is -2.06. The normalized spacial score (nSPS) is 17.7. The lowest BCUT2D eigenvalue weighted by molar-refractivity contribution is 0.765. The molecule has 0 spiro atoms. The first kappa shape index (κ1) is 29.1. The molecular weight excluding hydrogens is 605 g/mol. The summed E-state index contributed by atoms with van der Waals surface area (Å²) in [5.74, 6) is 0.498. The molecule has 3 aliphatic carbocycles. The van der Waals surface area contributed by atoms with Gasteiger partial charge in [0.05, 0.1) is 22.1 Å². The monoisotopic (exact) mass is 642 g/mol. The van der Waals surface area contributed by atoms with Crippen LogP contribution < -0.4 is 0 Å². The number of allylic oxidation sites excluding steroid dienone is 12. The first-order chi connectivity index (χ1) is 24.8. The third-order valence-electron chi connectivity index (χ3n) is 11.0. The van der Waals surface area contributed by atoms with Gasteiger partial charge in [0.15, 0.2) is 0 Å². The quantitative estimate of drug-likeness (QED) is 0.177. The van der Waals surface area contributed by atoms with Gasteiger partial charge in [-0.25, -0.2) is 0 Å². The number of hydrogen-bond donors (Lipinski definition) is 0. The third kappa shape index (κ3) is 4.78. The van der Waals surface area contributed by atoms with Crippen molar-refractivity contribution in [1.82, 2.24) is 9.13 Å². The van der Waals surface area contributed by atoms with Gasteiger partial charge in [-0.15, -0.1) is 0 Å². The summed E-state index contributed by atoms with van der Waals surface area (Å²) in [5, 5.41) is 5.16. The topological polar surface area (TPSA) is 9.86 Å². The fourth-order valence-corrected chi connectivity index (χ4v) is 8.52. The molecule has 2 aromatic heterocycles. The van der Waals surface area contributed by atoms with Crippen molar-refractivity contribution >= 4 is 49.3 Å². The van der Waals surface area contributed by atoms with Crippen LogP contribution in [0.4, 0.5) is 0 Å². The van der Waals surface area contributed by atoms with Crippen LogP contribution in [0.25, 0.3) is 66.1 Å². The van der Waals surface area contributed by atoms with E-state index in [2.05, 4.69) is 173 Å². The molecule has 50 heavy (non-hydrogen) atoms. The van der Waals surface area contributed by atoms with E-state index in [1.165, 1.54) is 95.7 Å². The van der Waals surface area contributed by atoms with E-state index in [9.17, 15) is 0 Å². The minimum atomic E-state index is 0.498. The van der Waals surface area contributed by atoms with E-state index >= 15 is 0 Å². The molecule has 3 aliphatic rings. The minimum Gasteiger partial charge on any atom is -0.313 e. The maximum Gasteiger partial charge on any atom is 0.0541 e. The summed E-state index contributed by atoms with van der Waals surface area (Å²) in [6.07, 6.45) is 24.6. The van der Waals surface area contributed by atoms with E-state index in [0.717, 1.165) is 19.3 Å². The van der Waals surface area contributed by atoms with E-state index in [4.69, 9.17) is 0 Å². The van der Waals surface area contributed by atoms with Gasteiger partial charge in [0.25, 0.3) is 0 Å². The Bertz CT molecular complexity index is 2660. The second-order valence-electron chi connectivity index (χ2n) is 13.9. The maximum atomic E-state index is 2.52. The Hall–Kier alpha value is -5.86. The number of benzene rings is 5. The number of hydrogen-bond acceptors (Lipinski definition) is 0. The van der Waals surface area contributed by atoms with Gasteiger partial charge in [-0.2, -0.15) is 0 Å². The molecule has 0 saturated heterocycles. The zero-order valence-corrected chi connectivity index (χ0v) is 28.1. The zero-order chi connectivity index (χ0) is 33.0. The largest absolute Gasteiger partial charge is 0.313 e. The molecule has 0 radical (unpaired) electrons. The first-order valence-electron chi connectivity index (χ1n) is 18.1. The average Bonchev–Trinajstić information content (AvgIpc) is 3.71. The number of para-hydroxylation sites is 3. The molecule has 0 N–H and O–H groups in total. The molecule has 0 bridgehead atoms. The smallest absolute Gasteiger partial charge is 0.0541 e. The SMILES string of the molecule is C1=CC(C2C=CC(C3=CCCC(n4c5ccccc5c5cc(-c6ccc7c(c6)c6ccccc6n7-c6ccccc6)ccc54)=C3)=CC2)=CCC1. The molecule has 2 heteroatoms. The standard InChI is InChI=1S/C48H38N2/c1-3-12-33(13-4-1)34-22-24-35(25-23-34)36-14-11-17-40(30-36)50-46-21-10-8-19-42(46)44-32-38(27-29-48(44)50)37-26-28-47-43(31-37)41-18-7-9-20-45(41)49(47)39-15-5-2-6-16-39/h2-3,5-10,12-16,18-22,24-32,34H,1,4,11,17,23H2. The maximum absolute atomic E-state index is 2.52. The van der Waals surface area contributed by atoms with Gasteiger partial charge in [0.1, 0.15) is 0 Å². The highest BCUT2D eigenvalue weighted by atomic mass is 15.0. The van der Waals surface area contributed by atoms with E-state index in [-0.39, 0.29) is 0 Å². The third-order valence-corrected chi connectivity index (χ3v) is 11.0. The lowest BCUT2D eigenvalue weighted by atomic mass is 9.85. The molecule has 0 aliphatic heterocycles. The number of nitrogens with zero attached hydrogens (tertiary/aromatic N) is 2. The van der Waals surface area contributed by atoms with Crippen LogP contribution in [-0.2, 0) is 0 Å². The van der Waals surface area contributed by atoms with Crippen molar-refractivity contribution in [3.05, 3.63) is 181 Å². The zero-order valence-electron chi connectivity index (χ0n) is 28.1. The van der Waals surface area contributed by atoms with Gasteiger partial charge < -0.3 is 9.13 Å². The van der Waals surface area contributed by atoms with Crippen LogP contribution in [0.2, 0.25) is 0 Å². The Labute approximate surface area is 293 Å². The van der Waals surface area contributed by atoms with Crippen molar-refractivity contribution in [2.75, 3.05) is 0 Å². The van der Waals surface area contributed by atoms with Crippen LogP contribution in [0.3, 0.4) is 0 Å². The summed E-state index contributed by atoms with van der Waals surface area (Å²) in [6, 6.07) is 42.4. The number of aromatic nitrogens is 2. The molecule has 0 amide bonds. The van der Waals surface area contributed by atoms with Gasteiger partial charge in [0, 0.05) is 38.8 Å². The highest BCUT2D eigenvalue weighted by molar-refractivity contribution is 6.13. The fraction of sp³-hybridized carbons (Fsp3) is 0.125. The fourth-order valence-electron chi connectivity index (χ4n) is 8.52. The Kier molecular flexibility index (Phi) is 6.94. The van der Waals surface area contributed by atoms with Gasteiger partial charge >= 0.3 is 0 Å². The van der Waals surface area contributed by atoms with Gasteiger partial charge in [-0.1, -0.05) is 109 Å². The molecule has 0 fully saturated rings. The minimum absolute atomic E-state index is 0.498. The summed E-state index contributed by atoms with van der Waals surface area (Å²) in [4.78, 5) is 0. The molecule has 7 aromatic rings. The lowest BCUT2D eigenvalue weighted by Gasteiger charge is -2.22. The first-order valence-corrected chi connectivity index (χ1v) is 18.1. The summed E-state index contributed by atoms with van der Waals surface area (Å²) in [7, 11) is 0. The number of fused-ring (bicyclic) bond motifs is 6. The van der Waals surface area contributed by atoms with Crippen molar-refractivity contribution < 1.29 is 0 Å². The van der Waals surface area contributed by atoms with E-state index in [1.54, 1.807) is 0 Å². The summed E-state index contributed by atoms with van der Waals surface area (Å²) >= 11 is 0. The summed E-state index contributed by atoms with van der Waals surface area (Å²) in [5.41, 5.74) is 14.2. The second kappa shape index (κ2) is 11.9. The molecule has 0 saturated carbocycles. The molecule has 1 unspecified atom stereocenters. The number of rotatable bonds is 5. The highest BCUT2D eigenvalue weighted by Crippen LogP contribution is 2.40. The average molecular weight is 643 g/mol. The van der Waals surface area contributed by atoms with E-state index in [0.29, 0.717) is 5.92 Å². The van der Waals surface area contributed by atoms with Crippen LogP contribution in [0.5, 0.6) is 0 Å². The van der Waals surface area contributed by atoms with Gasteiger partial charge in [-0.05, 0) is 115 Å². The van der Waals surface area contributed by atoms with Crippen molar-refractivity contribution in [1.29, 1.82) is 0 Å². The van der Waals surface area contributed by atoms with E-state index in [1.807, 2.05) is 0 Å². The predicted octanol–water partition coefficient (Wildman–Crippen LogP) is 12.9. The highest BCUT2D eigenvalue weighted by Gasteiger charge is 2.20. The van der Waals surface area contributed by atoms with Crippen molar-refractivity contribution in [2.45, 2.75) is 32.1 Å². The molecular formula is C48H38N2. The second-order valence-corrected chi connectivity index (χ2v) is 13.9. The van der Waals surface area contributed by atoms with Crippen molar-refractivity contribution in [2.24, 2.45) is 5.92 Å². The Morgan fingerprint density at radius 3 is 1.84 bits per heavy atom. The summed E-state index contributed by atoms with van der Waals surface area (Å²) < 4.78 is 4.90. The van der Waals surface area contributed by atoms with Crippen molar-refractivity contribution in [3.63, 3.8) is 0 Å². The molecule has 10 rings (SSSR count). The molecule has 240 valence electrons. The Morgan fingerprint density at radius 2 is 1.16 bits per heavy atom. The molecule has 5 aromatic carbocycles. The van der Waals surface area contributed by atoms with E-state index < -0.39 is 0 Å². The Morgan fingerprint density at radius 1 is 0.500 bits per heavy atom. The van der Waals surface area contributed by atoms with Crippen LogP contribution >= 0.6 is 0 Å². The van der Waals surface area contributed by atoms with Gasteiger partial charge in [0.2, 0.25) is 0 Å². The molecule has 2 heterocycles. The van der Waals surface area contributed by atoms with Crippen LogP contribution in [0, 0.1) is 5.92 Å². The predicted molar refractivity (Wildman–Crippen MR) is 213 cm³/mol. The molecule has 2 nitrogen and oxygen atoms in total. The van der Waals surface area contributed by atoms with Gasteiger partial charge in [-0.3, -0.25) is 0 Å².